The van der Waals surface area contributed by atoms with Crippen molar-refractivity contribution in [2.75, 3.05) is 28.4 Å². The van der Waals surface area contributed by atoms with E-state index in [-0.39, 0.29) is 11.8 Å². The molecule has 0 heterocycles. The second kappa shape index (κ2) is 7.74. The minimum atomic E-state index is -0.942. The van der Waals surface area contributed by atoms with Crippen LogP contribution < -0.4 is 11.5 Å². The molecule has 0 aromatic rings. The summed E-state index contributed by atoms with van der Waals surface area (Å²) in [5.74, 6) is -2.39. The number of hydrogen-bond donors (Lipinski definition) is 2. The topological polar surface area (TPSA) is 89.0 Å². The molecule has 0 aromatic heterocycles. The van der Waals surface area contributed by atoms with Gasteiger partial charge in [-0.15, -0.1) is 0 Å². The van der Waals surface area contributed by atoms with Gasteiger partial charge in [-0.2, -0.15) is 0 Å². The molecular weight excluding hydrogens is 308 g/mol. The summed E-state index contributed by atoms with van der Waals surface area (Å²) < 4.78 is 22.5. The Hall–Kier alpha value is -1.28. The maximum absolute atomic E-state index is 6.54. The lowest BCUT2D eigenvalue weighted by Gasteiger charge is -2.45. The van der Waals surface area contributed by atoms with Crippen molar-refractivity contribution in [3.05, 3.63) is 48.6 Å². The number of allylic oxidation sites excluding steroid dienone is 4. The average molecular weight is 336 g/mol. The minimum Gasteiger partial charge on any atom is -0.349 e. The first-order chi connectivity index (χ1) is 11.5. The lowest BCUT2D eigenvalue weighted by Crippen LogP contribution is -2.61. The molecule has 0 fully saturated rings. The van der Waals surface area contributed by atoms with Gasteiger partial charge in [0, 0.05) is 40.5 Å². The zero-order chi connectivity index (χ0) is 17.8. The molecule has 6 heteroatoms. The molecular formula is C18H28N2O4. The fraction of sp³-hybridized carbons (Fsp3) is 0.556. The van der Waals surface area contributed by atoms with Crippen molar-refractivity contribution in [1.82, 2.24) is 0 Å². The van der Waals surface area contributed by atoms with Gasteiger partial charge >= 0.3 is 0 Å². The van der Waals surface area contributed by atoms with Crippen molar-refractivity contribution in [2.24, 2.45) is 23.3 Å². The predicted octanol–water partition coefficient (Wildman–Crippen LogP) is 1.10. The summed E-state index contributed by atoms with van der Waals surface area (Å²) in [4.78, 5) is 0. The zero-order valence-electron chi connectivity index (χ0n) is 14.7. The third kappa shape index (κ3) is 3.13. The van der Waals surface area contributed by atoms with Crippen LogP contribution in [0.3, 0.4) is 0 Å². The normalized spacial score (nSPS) is 29.6. The zero-order valence-corrected chi connectivity index (χ0v) is 14.7. The highest BCUT2D eigenvalue weighted by Gasteiger charge is 2.48. The van der Waals surface area contributed by atoms with Crippen LogP contribution in [0.1, 0.15) is 0 Å². The third-order valence-electron chi connectivity index (χ3n) is 5.00. The van der Waals surface area contributed by atoms with E-state index >= 15 is 0 Å². The van der Waals surface area contributed by atoms with Crippen molar-refractivity contribution in [1.29, 1.82) is 0 Å². The second-order valence-corrected chi connectivity index (χ2v) is 5.95. The van der Waals surface area contributed by atoms with E-state index in [9.17, 15) is 0 Å². The molecule has 0 aromatic carbocycles. The highest BCUT2D eigenvalue weighted by Crippen LogP contribution is 2.37. The first-order valence-corrected chi connectivity index (χ1v) is 7.94. The molecule has 0 bridgehead atoms. The number of rotatable bonds is 7. The van der Waals surface area contributed by atoms with Gasteiger partial charge in [0.15, 0.2) is 11.6 Å². The van der Waals surface area contributed by atoms with Crippen molar-refractivity contribution in [3.8, 4) is 0 Å². The van der Waals surface area contributed by atoms with Crippen molar-refractivity contribution in [2.45, 2.75) is 23.7 Å². The van der Waals surface area contributed by atoms with Crippen LogP contribution in [0.15, 0.2) is 48.6 Å². The Kier molecular flexibility index (Phi) is 6.14. The Morgan fingerprint density at radius 2 is 1.00 bits per heavy atom. The lowest BCUT2D eigenvalue weighted by atomic mass is 9.76. The Morgan fingerprint density at radius 3 is 1.29 bits per heavy atom. The van der Waals surface area contributed by atoms with Gasteiger partial charge in [-0.3, -0.25) is 0 Å². The maximum atomic E-state index is 6.54. The van der Waals surface area contributed by atoms with E-state index in [1.54, 1.807) is 28.4 Å². The van der Waals surface area contributed by atoms with Gasteiger partial charge in [0.05, 0.1) is 11.8 Å². The van der Waals surface area contributed by atoms with Crippen LogP contribution in [0.4, 0.5) is 0 Å². The second-order valence-electron chi connectivity index (χ2n) is 5.95. The Morgan fingerprint density at radius 1 is 0.667 bits per heavy atom. The van der Waals surface area contributed by atoms with E-state index in [1.807, 2.05) is 48.6 Å². The third-order valence-corrected chi connectivity index (χ3v) is 5.00. The van der Waals surface area contributed by atoms with Crippen LogP contribution in [-0.2, 0) is 18.9 Å². The van der Waals surface area contributed by atoms with Gasteiger partial charge in [0.2, 0.25) is 0 Å². The number of ether oxygens (including phenoxy) is 4. The highest BCUT2D eigenvalue weighted by atomic mass is 16.7. The molecule has 0 amide bonds. The summed E-state index contributed by atoms with van der Waals surface area (Å²) in [5.41, 5.74) is 13.1. The van der Waals surface area contributed by atoms with Gasteiger partial charge in [-0.05, 0) is 12.2 Å². The molecule has 2 aliphatic rings. The molecule has 0 saturated heterocycles. The van der Waals surface area contributed by atoms with Crippen LogP contribution in [0.25, 0.3) is 0 Å². The highest BCUT2D eigenvalue weighted by molar-refractivity contribution is 5.25. The van der Waals surface area contributed by atoms with Crippen molar-refractivity contribution < 1.29 is 18.9 Å². The molecule has 2 rings (SSSR count). The summed E-state index contributed by atoms with van der Waals surface area (Å²) in [6.07, 6.45) is 15.2. The Labute approximate surface area is 143 Å². The molecule has 0 radical (unpaired) electrons. The molecule has 134 valence electrons. The fourth-order valence-electron chi connectivity index (χ4n) is 3.49. The lowest BCUT2D eigenvalue weighted by molar-refractivity contribution is -0.213. The van der Waals surface area contributed by atoms with Crippen LogP contribution >= 0.6 is 0 Å². The smallest absolute Gasteiger partial charge is 0.195 e. The van der Waals surface area contributed by atoms with E-state index in [0.717, 1.165) is 0 Å². The summed E-state index contributed by atoms with van der Waals surface area (Å²) in [6.45, 7) is 0. The summed E-state index contributed by atoms with van der Waals surface area (Å²) in [6, 6.07) is -0.895. The van der Waals surface area contributed by atoms with Crippen LogP contribution in [0, 0.1) is 11.8 Å². The standard InChI is InChI=1S/C18H28N2O4/c1-21-17(22-2)11-7-5-9-13(17)15(19)16(20)14-10-6-8-12-18(14,23-3)24-4/h5-16H,19-20H2,1-4H3. The summed E-state index contributed by atoms with van der Waals surface area (Å²) >= 11 is 0. The Bertz CT molecular complexity index is 485. The molecule has 0 saturated carbocycles. The van der Waals surface area contributed by atoms with Gasteiger partial charge < -0.3 is 30.4 Å². The number of methoxy groups -OCH3 is 4. The van der Waals surface area contributed by atoms with Gasteiger partial charge in [-0.25, -0.2) is 0 Å². The summed E-state index contributed by atoms with van der Waals surface area (Å²) in [7, 11) is 6.37. The predicted molar refractivity (Wildman–Crippen MR) is 93.0 cm³/mol. The van der Waals surface area contributed by atoms with Crippen LogP contribution in [-0.4, -0.2) is 52.1 Å². The van der Waals surface area contributed by atoms with E-state index in [0.29, 0.717) is 0 Å². The molecule has 24 heavy (non-hydrogen) atoms. The van der Waals surface area contributed by atoms with Gasteiger partial charge in [-0.1, -0.05) is 36.5 Å². The maximum Gasteiger partial charge on any atom is 0.195 e. The van der Waals surface area contributed by atoms with Crippen LogP contribution in [0.2, 0.25) is 0 Å². The van der Waals surface area contributed by atoms with Crippen molar-refractivity contribution >= 4 is 0 Å². The molecule has 6 nitrogen and oxygen atoms in total. The molecule has 2 aliphatic carbocycles. The number of hydrogen-bond acceptors (Lipinski definition) is 6. The Balaban J connectivity index is 2.29. The van der Waals surface area contributed by atoms with E-state index < -0.39 is 23.7 Å². The van der Waals surface area contributed by atoms with Gasteiger partial charge in [0.25, 0.3) is 0 Å². The average Bonchev–Trinajstić information content (AvgIpc) is 2.66. The largest absolute Gasteiger partial charge is 0.349 e. The van der Waals surface area contributed by atoms with E-state index in [4.69, 9.17) is 30.4 Å². The van der Waals surface area contributed by atoms with Crippen molar-refractivity contribution in [3.63, 3.8) is 0 Å². The molecule has 4 N–H and O–H groups in total. The molecule has 4 atom stereocenters. The molecule has 4 unspecified atom stereocenters. The monoisotopic (exact) mass is 336 g/mol. The van der Waals surface area contributed by atoms with E-state index in [1.165, 1.54) is 0 Å². The van der Waals surface area contributed by atoms with Crippen LogP contribution in [0.5, 0.6) is 0 Å². The summed E-state index contributed by atoms with van der Waals surface area (Å²) in [5, 5.41) is 0. The number of nitrogens with two attached hydrogens (primary N) is 2. The molecule has 0 spiro atoms. The fourth-order valence-corrected chi connectivity index (χ4v) is 3.49. The quantitative estimate of drug-likeness (QED) is 0.677. The molecule has 0 aliphatic heterocycles. The first-order valence-electron chi connectivity index (χ1n) is 7.94. The van der Waals surface area contributed by atoms with E-state index in [2.05, 4.69) is 0 Å². The minimum absolute atomic E-state index is 0.252. The SMILES string of the molecule is COC1(OC)C=CC=CC1C(N)C(N)C1C=CC=CC1(OC)OC. The first kappa shape index (κ1) is 19.1. The van der Waals surface area contributed by atoms with Gasteiger partial charge in [0.1, 0.15) is 0 Å².